The third-order valence-electron chi connectivity index (χ3n) is 4.25. The fraction of sp³-hybridized carbons (Fsp3) is 0.529. The molecule has 1 heterocycles. The molecule has 1 amide bonds. The topological polar surface area (TPSA) is 70.1 Å². The zero-order valence-corrected chi connectivity index (χ0v) is 13.7. The lowest BCUT2D eigenvalue weighted by molar-refractivity contribution is -0.143. The summed E-state index contributed by atoms with van der Waals surface area (Å²) in [4.78, 5) is 27.7. The first kappa shape index (κ1) is 17.3. The number of benzene rings is 1. The van der Waals surface area contributed by atoms with E-state index in [2.05, 4.69) is 0 Å². The largest absolute Gasteiger partial charge is 0.497 e. The van der Waals surface area contributed by atoms with E-state index in [4.69, 9.17) is 4.74 Å². The van der Waals surface area contributed by atoms with Crippen LogP contribution in [0.25, 0.3) is 0 Å². The molecule has 1 aliphatic rings. The van der Waals surface area contributed by atoms with Gasteiger partial charge < -0.3 is 14.7 Å². The van der Waals surface area contributed by atoms with E-state index in [1.165, 1.54) is 0 Å². The SMILES string of the molecule is CCC(C(=O)O)N1CCCN(C(=O)c2cccc(OC)c2)CC1. The maximum absolute atomic E-state index is 12.6. The molecule has 1 N–H and O–H groups in total. The molecule has 6 heteroatoms. The van der Waals surface area contributed by atoms with E-state index in [0.29, 0.717) is 43.9 Å². The summed E-state index contributed by atoms with van der Waals surface area (Å²) in [5.41, 5.74) is 0.600. The summed E-state index contributed by atoms with van der Waals surface area (Å²) >= 11 is 0. The predicted molar refractivity (Wildman–Crippen MR) is 86.8 cm³/mol. The Morgan fingerprint density at radius 3 is 2.70 bits per heavy atom. The number of carbonyl (C=O) groups is 2. The quantitative estimate of drug-likeness (QED) is 0.894. The molecule has 6 nitrogen and oxygen atoms in total. The Balaban J connectivity index is 2.04. The Bertz CT molecular complexity index is 561. The highest BCUT2D eigenvalue weighted by Crippen LogP contribution is 2.16. The standard InChI is InChI=1S/C17H24N2O4/c1-3-15(17(21)22)18-8-5-9-19(11-10-18)16(20)13-6-4-7-14(12-13)23-2/h4,6-7,12,15H,3,5,8-11H2,1-2H3,(H,21,22). The molecule has 23 heavy (non-hydrogen) atoms. The first-order valence-corrected chi connectivity index (χ1v) is 7.97. The van der Waals surface area contributed by atoms with Gasteiger partial charge >= 0.3 is 5.97 Å². The van der Waals surface area contributed by atoms with Crippen molar-refractivity contribution in [3.05, 3.63) is 29.8 Å². The summed E-state index contributed by atoms with van der Waals surface area (Å²) in [6.07, 6.45) is 1.35. The van der Waals surface area contributed by atoms with Gasteiger partial charge in [0, 0.05) is 31.7 Å². The molecule has 0 saturated carbocycles. The van der Waals surface area contributed by atoms with Gasteiger partial charge in [-0.05, 0) is 31.0 Å². The monoisotopic (exact) mass is 320 g/mol. The molecule has 1 aromatic carbocycles. The number of rotatable bonds is 5. The zero-order valence-electron chi connectivity index (χ0n) is 13.7. The lowest BCUT2D eigenvalue weighted by atomic mass is 10.2. The van der Waals surface area contributed by atoms with Crippen LogP contribution in [0.1, 0.15) is 30.1 Å². The van der Waals surface area contributed by atoms with Gasteiger partial charge in [-0.3, -0.25) is 14.5 Å². The Morgan fingerprint density at radius 2 is 2.04 bits per heavy atom. The van der Waals surface area contributed by atoms with Gasteiger partial charge in [0.1, 0.15) is 11.8 Å². The third kappa shape index (κ3) is 4.22. The lowest BCUT2D eigenvalue weighted by Gasteiger charge is -2.26. The van der Waals surface area contributed by atoms with Crippen LogP contribution < -0.4 is 4.74 Å². The molecule has 126 valence electrons. The number of nitrogens with zero attached hydrogens (tertiary/aromatic N) is 2. The Kier molecular flexibility index (Phi) is 5.98. The van der Waals surface area contributed by atoms with E-state index in [1.807, 2.05) is 11.8 Å². The number of aliphatic carboxylic acids is 1. The van der Waals surface area contributed by atoms with Gasteiger partial charge in [-0.15, -0.1) is 0 Å². The Hall–Kier alpha value is -2.08. The summed E-state index contributed by atoms with van der Waals surface area (Å²) in [6, 6.07) is 6.64. The van der Waals surface area contributed by atoms with Crippen molar-refractivity contribution in [1.82, 2.24) is 9.80 Å². The minimum absolute atomic E-state index is 0.0332. The molecule has 1 aliphatic heterocycles. The maximum Gasteiger partial charge on any atom is 0.320 e. The molecule has 0 radical (unpaired) electrons. The van der Waals surface area contributed by atoms with Crippen LogP contribution in [0.15, 0.2) is 24.3 Å². The fourth-order valence-electron chi connectivity index (χ4n) is 2.98. The van der Waals surface area contributed by atoms with Crippen LogP contribution in [0.2, 0.25) is 0 Å². The number of hydrogen-bond donors (Lipinski definition) is 1. The molecule has 1 fully saturated rings. The van der Waals surface area contributed by atoms with Gasteiger partial charge in [-0.1, -0.05) is 13.0 Å². The van der Waals surface area contributed by atoms with Crippen molar-refractivity contribution < 1.29 is 19.4 Å². The highest BCUT2D eigenvalue weighted by Gasteiger charge is 2.27. The van der Waals surface area contributed by atoms with Gasteiger partial charge in [0.2, 0.25) is 0 Å². The van der Waals surface area contributed by atoms with E-state index in [1.54, 1.807) is 36.3 Å². The van der Waals surface area contributed by atoms with Crippen LogP contribution in [-0.2, 0) is 4.79 Å². The van der Waals surface area contributed by atoms with Gasteiger partial charge in [0.05, 0.1) is 7.11 Å². The van der Waals surface area contributed by atoms with E-state index in [0.717, 1.165) is 6.42 Å². The number of carboxylic acids is 1. The van der Waals surface area contributed by atoms with Gasteiger partial charge in [0.25, 0.3) is 5.91 Å². The first-order chi connectivity index (χ1) is 11.1. The average Bonchev–Trinajstić information content (AvgIpc) is 2.81. The second-order valence-corrected chi connectivity index (χ2v) is 5.68. The minimum atomic E-state index is -0.792. The zero-order chi connectivity index (χ0) is 16.8. The molecule has 0 spiro atoms. The molecule has 0 aliphatic carbocycles. The molecular weight excluding hydrogens is 296 g/mol. The molecule has 1 aromatic rings. The number of methoxy groups -OCH3 is 1. The Labute approximate surface area is 136 Å². The molecule has 1 saturated heterocycles. The van der Waals surface area contributed by atoms with Crippen LogP contribution in [-0.4, -0.2) is 66.1 Å². The summed E-state index contributed by atoms with van der Waals surface area (Å²) in [6.45, 7) is 4.35. The van der Waals surface area contributed by atoms with E-state index in [9.17, 15) is 14.7 Å². The highest BCUT2D eigenvalue weighted by molar-refractivity contribution is 5.94. The smallest absolute Gasteiger partial charge is 0.320 e. The van der Waals surface area contributed by atoms with Crippen LogP contribution in [0.4, 0.5) is 0 Å². The third-order valence-corrected chi connectivity index (χ3v) is 4.25. The summed E-state index contributed by atoms with van der Waals surface area (Å²) in [5.74, 6) is -0.168. The van der Waals surface area contributed by atoms with Gasteiger partial charge in [-0.2, -0.15) is 0 Å². The van der Waals surface area contributed by atoms with Crippen LogP contribution in [0.5, 0.6) is 5.75 Å². The maximum atomic E-state index is 12.6. The second kappa shape index (κ2) is 7.97. The lowest BCUT2D eigenvalue weighted by Crippen LogP contribution is -2.43. The Morgan fingerprint density at radius 1 is 1.26 bits per heavy atom. The second-order valence-electron chi connectivity index (χ2n) is 5.68. The molecule has 2 rings (SSSR count). The van der Waals surface area contributed by atoms with Gasteiger partial charge in [0.15, 0.2) is 0 Å². The van der Waals surface area contributed by atoms with Crippen molar-refractivity contribution >= 4 is 11.9 Å². The van der Waals surface area contributed by atoms with Crippen molar-refractivity contribution in [2.24, 2.45) is 0 Å². The van der Waals surface area contributed by atoms with Gasteiger partial charge in [-0.25, -0.2) is 0 Å². The molecule has 0 aromatic heterocycles. The number of amides is 1. The van der Waals surface area contributed by atoms with Crippen molar-refractivity contribution in [1.29, 1.82) is 0 Å². The van der Waals surface area contributed by atoms with E-state index < -0.39 is 12.0 Å². The minimum Gasteiger partial charge on any atom is -0.497 e. The summed E-state index contributed by atoms with van der Waals surface area (Å²) in [7, 11) is 1.57. The highest BCUT2D eigenvalue weighted by atomic mass is 16.5. The molecular formula is C17H24N2O4. The van der Waals surface area contributed by atoms with Crippen molar-refractivity contribution in [3.63, 3.8) is 0 Å². The number of ether oxygens (including phenoxy) is 1. The van der Waals surface area contributed by atoms with Crippen molar-refractivity contribution in [2.45, 2.75) is 25.8 Å². The first-order valence-electron chi connectivity index (χ1n) is 7.97. The molecule has 1 unspecified atom stereocenters. The van der Waals surface area contributed by atoms with Crippen LogP contribution >= 0.6 is 0 Å². The number of carboxylic acid groups (broad SMARTS) is 1. The molecule has 0 bridgehead atoms. The van der Waals surface area contributed by atoms with Crippen molar-refractivity contribution in [3.8, 4) is 5.75 Å². The summed E-state index contributed by atoms with van der Waals surface area (Å²) in [5, 5.41) is 9.29. The molecule has 1 atom stereocenters. The summed E-state index contributed by atoms with van der Waals surface area (Å²) < 4.78 is 5.16. The number of carbonyl (C=O) groups excluding carboxylic acids is 1. The van der Waals surface area contributed by atoms with Crippen LogP contribution in [0, 0.1) is 0 Å². The fourth-order valence-corrected chi connectivity index (χ4v) is 2.98. The normalized spacial score (nSPS) is 17.4. The predicted octanol–water partition coefficient (Wildman–Crippen LogP) is 1.71. The number of hydrogen-bond acceptors (Lipinski definition) is 4. The van der Waals surface area contributed by atoms with E-state index in [-0.39, 0.29) is 5.91 Å². The average molecular weight is 320 g/mol. The van der Waals surface area contributed by atoms with Crippen molar-refractivity contribution in [2.75, 3.05) is 33.3 Å². The van der Waals surface area contributed by atoms with Crippen LogP contribution in [0.3, 0.4) is 0 Å². The van der Waals surface area contributed by atoms with E-state index >= 15 is 0 Å².